The van der Waals surface area contributed by atoms with Gasteiger partial charge in [-0.05, 0) is 30.9 Å². The number of hydrogen-bond acceptors (Lipinski definition) is 3. The van der Waals surface area contributed by atoms with E-state index in [1.807, 2.05) is 12.1 Å². The quantitative estimate of drug-likeness (QED) is 0.781. The minimum atomic E-state index is -0.388. The largest absolute Gasteiger partial charge is 0.497 e. The zero-order valence-corrected chi connectivity index (χ0v) is 9.82. The lowest BCUT2D eigenvalue weighted by molar-refractivity contribution is 0.166. The maximum absolute atomic E-state index is 10.1. The highest BCUT2D eigenvalue weighted by Crippen LogP contribution is 2.37. The lowest BCUT2D eigenvalue weighted by Gasteiger charge is -2.16. The van der Waals surface area contributed by atoms with Gasteiger partial charge in [-0.2, -0.15) is 0 Å². The normalized spacial score (nSPS) is 19.8. The number of rotatable bonds is 2. The van der Waals surface area contributed by atoms with Gasteiger partial charge in [0.05, 0.1) is 20.3 Å². The van der Waals surface area contributed by atoms with Crippen LogP contribution >= 0.6 is 0 Å². The standard InChI is InChI=1S/C13H18O3/c1-15-9-7-11-10(13(8-9)16-2)5-3-4-6-12(11)14/h7-8,12,14H,3-6H2,1-2H3/t12-/m0/s1. The van der Waals surface area contributed by atoms with Crippen molar-refractivity contribution in [2.45, 2.75) is 31.8 Å². The van der Waals surface area contributed by atoms with Crippen LogP contribution in [-0.2, 0) is 6.42 Å². The fourth-order valence-corrected chi connectivity index (χ4v) is 2.30. The van der Waals surface area contributed by atoms with Gasteiger partial charge in [-0.1, -0.05) is 6.42 Å². The van der Waals surface area contributed by atoms with Crippen LogP contribution in [0.25, 0.3) is 0 Å². The Hall–Kier alpha value is -1.22. The van der Waals surface area contributed by atoms with Gasteiger partial charge in [0.1, 0.15) is 11.5 Å². The molecule has 3 heteroatoms. The van der Waals surface area contributed by atoms with Crippen molar-refractivity contribution in [3.05, 3.63) is 23.3 Å². The van der Waals surface area contributed by atoms with Crippen molar-refractivity contribution in [3.63, 3.8) is 0 Å². The van der Waals surface area contributed by atoms with Gasteiger partial charge < -0.3 is 14.6 Å². The first-order chi connectivity index (χ1) is 7.76. The molecule has 1 N–H and O–H groups in total. The summed E-state index contributed by atoms with van der Waals surface area (Å²) in [5.74, 6) is 1.58. The van der Waals surface area contributed by atoms with Gasteiger partial charge in [-0.3, -0.25) is 0 Å². The summed E-state index contributed by atoms with van der Waals surface area (Å²) in [6.07, 6.45) is 3.57. The minimum Gasteiger partial charge on any atom is -0.497 e. The number of benzene rings is 1. The third-order valence-electron chi connectivity index (χ3n) is 3.19. The molecule has 3 nitrogen and oxygen atoms in total. The molecule has 88 valence electrons. The predicted molar refractivity (Wildman–Crippen MR) is 62.1 cm³/mol. The summed E-state index contributed by atoms with van der Waals surface area (Å²) in [5.41, 5.74) is 2.10. The molecule has 0 heterocycles. The van der Waals surface area contributed by atoms with Crippen LogP contribution < -0.4 is 9.47 Å². The smallest absolute Gasteiger partial charge is 0.126 e. The van der Waals surface area contributed by atoms with Crippen LogP contribution in [0.15, 0.2) is 12.1 Å². The molecule has 0 radical (unpaired) electrons. The summed E-state index contributed by atoms with van der Waals surface area (Å²) in [6.45, 7) is 0. The molecule has 16 heavy (non-hydrogen) atoms. The third kappa shape index (κ3) is 2.00. The van der Waals surface area contributed by atoms with Crippen molar-refractivity contribution in [2.75, 3.05) is 14.2 Å². The Kier molecular flexibility index (Phi) is 3.34. The first-order valence-corrected chi connectivity index (χ1v) is 5.69. The average Bonchev–Trinajstić information content (AvgIpc) is 2.50. The number of ether oxygens (including phenoxy) is 2. The molecule has 0 aromatic heterocycles. The predicted octanol–water partition coefficient (Wildman–Crippen LogP) is 2.46. The van der Waals surface area contributed by atoms with Crippen molar-refractivity contribution in [3.8, 4) is 11.5 Å². The van der Waals surface area contributed by atoms with Crippen molar-refractivity contribution in [2.24, 2.45) is 0 Å². The number of aliphatic hydroxyl groups excluding tert-OH is 1. The van der Waals surface area contributed by atoms with Crippen molar-refractivity contribution in [1.29, 1.82) is 0 Å². The molecule has 0 saturated carbocycles. The second-order valence-corrected chi connectivity index (χ2v) is 4.16. The molecule has 0 spiro atoms. The molecule has 1 aromatic rings. The van der Waals surface area contributed by atoms with Gasteiger partial charge in [0.2, 0.25) is 0 Å². The van der Waals surface area contributed by atoms with E-state index < -0.39 is 0 Å². The van der Waals surface area contributed by atoms with Gasteiger partial charge >= 0.3 is 0 Å². The van der Waals surface area contributed by atoms with E-state index in [9.17, 15) is 5.11 Å². The van der Waals surface area contributed by atoms with E-state index in [2.05, 4.69) is 0 Å². The lowest BCUT2D eigenvalue weighted by Crippen LogP contribution is -2.02. The second-order valence-electron chi connectivity index (χ2n) is 4.16. The minimum absolute atomic E-state index is 0.388. The first-order valence-electron chi connectivity index (χ1n) is 5.69. The summed E-state index contributed by atoms with van der Waals surface area (Å²) in [5, 5.41) is 10.1. The summed E-state index contributed by atoms with van der Waals surface area (Å²) in [6, 6.07) is 3.81. The Labute approximate surface area is 96.0 Å². The van der Waals surface area contributed by atoms with Crippen LogP contribution in [0.5, 0.6) is 11.5 Å². The van der Waals surface area contributed by atoms with Crippen LogP contribution in [0, 0.1) is 0 Å². The summed E-state index contributed by atoms with van der Waals surface area (Å²) >= 11 is 0. The molecule has 0 unspecified atom stereocenters. The monoisotopic (exact) mass is 222 g/mol. The van der Waals surface area contributed by atoms with Gasteiger partial charge in [0.25, 0.3) is 0 Å². The molecule has 1 atom stereocenters. The van der Waals surface area contributed by atoms with Crippen LogP contribution in [0.1, 0.15) is 36.5 Å². The Morgan fingerprint density at radius 1 is 1.19 bits per heavy atom. The number of fused-ring (bicyclic) bond motifs is 1. The molecule has 0 amide bonds. The zero-order valence-electron chi connectivity index (χ0n) is 9.82. The Balaban J connectivity index is 2.51. The molecule has 0 bridgehead atoms. The van der Waals surface area contributed by atoms with Crippen LogP contribution in [-0.4, -0.2) is 19.3 Å². The molecule has 0 fully saturated rings. The SMILES string of the molecule is COc1cc(OC)c2c(c1)[C@@H](O)CCCC2. The fraction of sp³-hybridized carbons (Fsp3) is 0.538. The Morgan fingerprint density at radius 2 is 2.00 bits per heavy atom. The van der Waals surface area contributed by atoms with Crippen molar-refractivity contribution >= 4 is 0 Å². The molecule has 1 aliphatic rings. The molecular weight excluding hydrogens is 204 g/mol. The lowest BCUT2D eigenvalue weighted by atomic mass is 9.99. The van der Waals surface area contributed by atoms with E-state index >= 15 is 0 Å². The van der Waals surface area contributed by atoms with Crippen LogP contribution in [0.4, 0.5) is 0 Å². The van der Waals surface area contributed by atoms with E-state index in [-0.39, 0.29) is 6.10 Å². The summed E-state index contributed by atoms with van der Waals surface area (Å²) in [7, 11) is 3.29. The second kappa shape index (κ2) is 4.74. The van der Waals surface area contributed by atoms with Gasteiger partial charge in [-0.25, -0.2) is 0 Å². The Morgan fingerprint density at radius 3 is 2.69 bits per heavy atom. The average molecular weight is 222 g/mol. The molecule has 1 aromatic carbocycles. The summed E-state index contributed by atoms with van der Waals surface area (Å²) < 4.78 is 10.6. The highest BCUT2D eigenvalue weighted by atomic mass is 16.5. The van der Waals surface area contributed by atoms with Gasteiger partial charge in [0.15, 0.2) is 0 Å². The first kappa shape index (κ1) is 11.3. The number of methoxy groups -OCH3 is 2. The Bertz CT molecular complexity index is 374. The number of aliphatic hydroxyl groups is 1. The maximum Gasteiger partial charge on any atom is 0.126 e. The summed E-state index contributed by atoms with van der Waals surface area (Å²) in [4.78, 5) is 0. The molecule has 1 aliphatic carbocycles. The van der Waals surface area contributed by atoms with Crippen LogP contribution in [0.3, 0.4) is 0 Å². The molecular formula is C13H18O3. The maximum atomic E-state index is 10.1. The molecule has 0 saturated heterocycles. The van der Waals surface area contributed by atoms with E-state index in [0.29, 0.717) is 0 Å². The number of hydrogen-bond donors (Lipinski definition) is 1. The van der Waals surface area contributed by atoms with E-state index in [0.717, 1.165) is 48.3 Å². The molecule has 0 aliphatic heterocycles. The van der Waals surface area contributed by atoms with Crippen molar-refractivity contribution < 1.29 is 14.6 Å². The van der Waals surface area contributed by atoms with Gasteiger partial charge in [-0.15, -0.1) is 0 Å². The topological polar surface area (TPSA) is 38.7 Å². The third-order valence-corrected chi connectivity index (χ3v) is 3.19. The van der Waals surface area contributed by atoms with E-state index in [4.69, 9.17) is 9.47 Å². The zero-order chi connectivity index (χ0) is 11.5. The highest BCUT2D eigenvalue weighted by Gasteiger charge is 2.20. The van der Waals surface area contributed by atoms with Crippen molar-refractivity contribution in [1.82, 2.24) is 0 Å². The van der Waals surface area contributed by atoms with Crippen LogP contribution in [0.2, 0.25) is 0 Å². The van der Waals surface area contributed by atoms with E-state index in [1.54, 1.807) is 14.2 Å². The highest BCUT2D eigenvalue weighted by molar-refractivity contribution is 5.48. The molecule has 2 rings (SSSR count). The fourth-order valence-electron chi connectivity index (χ4n) is 2.30. The van der Waals surface area contributed by atoms with Gasteiger partial charge in [0, 0.05) is 11.6 Å². The van der Waals surface area contributed by atoms with E-state index in [1.165, 1.54) is 0 Å².